The van der Waals surface area contributed by atoms with Crippen LogP contribution in [-0.2, 0) is 4.74 Å². The molecule has 0 spiro atoms. The molecule has 3 aliphatic rings. The van der Waals surface area contributed by atoms with Crippen molar-refractivity contribution in [3.8, 4) is 22.8 Å². The summed E-state index contributed by atoms with van der Waals surface area (Å²) >= 11 is 0. The monoisotopic (exact) mass is 560 g/mol. The van der Waals surface area contributed by atoms with E-state index < -0.39 is 6.36 Å². The van der Waals surface area contributed by atoms with Gasteiger partial charge in [-0.05, 0) is 60.7 Å². The van der Waals surface area contributed by atoms with Gasteiger partial charge >= 0.3 is 6.36 Å². The summed E-state index contributed by atoms with van der Waals surface area (Å²) in [7, 11) is 0. The number of hydrogen-bond donors (Lipinski definition) is 1. The minimum atomic E-state index is -4.76. The van der Waals surface area contributed by atoms with E-state index in [1.165, 1.54) is 12.1 Å². The zero-order chi connectivity index (χ0) is 28.2. The third-order valence-electron chi connectivity index (χ3n) is 6.77. The van der Waals surface area contributed by atoms with Gasteiger partial charge in [0, 0.05) is 31.5 Å². The van der Waals surface area contributed by atoms with E-state index in [0.29, 0.717) is 17.9 Å². The Morgan fingerprint density at radius 2 is 1.78 bits per heavy atom. The number of aromatic nitrogens is 3. The van der Waals surface area contributed by atoms with Crippen LogP contribution < -0.4 is 15.4 Å². The summed E-state index contributed by atoms with van der Waals surface area (Å²) < 4.78 is 49.9. The summed E-state index contributed by atoms with van der Waals surface area (Å²) in [6, 6.07) is 21.1. The Balaban J connectivity index is 1.48. The van der Waals surface area contributed by atoms with E-state index >= 15 is 0 Å². The van der Waals surface area contributed by atoms with E-state index in [0.717, 1.165) is 66.3 Å². The minimum Gasteiger partial charge on any atom is -0.406 e. The average molecular weight is 561 g/mol. The largest absolute Gasteiger partial charge is 0.573 e. The third kappa shape index (κ3) is 6.31. The average Bonchev–Trinajstić information content (AvgIpc) is 2.97. The first kappa shape index (κ1) is 26.7. The quantitative estimate of drug-likeness (QED) is 0.269. The second kappa shape index (κ2) is 11.6. The van der Waals surface area contributed by atoms with Gasteiger partial charge in [-0.2, -0.15) is 0 Å². The Kier molecular flexibility index (Phi) is 7.53. The molecule has 210 valence electrons. The van der Waals surface area contributed by atoms with Crippen LogP contribution in [-0.4, -0.2) is 65.2 Å². The van der Waals surface area contributed by atoms with Gasteiger partial charge in [0.25, 0.3) is 0 Å². The van der Waals surface area contributed by atoms with Gasteiger partial charge in [0.05, 0.1) is 65.1 Å². The number of nitrogens with one attached hydrogen (secondary N) is 1. The van der Waals surface area contributed by atoms with Crippen LogP contribution in [0.15, 0.2) is 90.2 Å². The van der Waals surface area contributed by atoms with Crippen molar-refractivity contribution in [1.29, 1.82) is 0 Å². The molecule has 1 fully saturated rings. The fourth-order valence-electron chi connectivity index (χ4n) is 4.88. The second-order valence-electron chi connectivity index (χ2n) is 9.54. The Morgan fingerprint density at radius 3 is 2.54 bits per heavy atom. The molecule has 2 aromatic carbocycles. The molecule has 1 N–H and O–H groups in total. The van der Waals surface area contributed by atoms with Gasteiger partial charge in [-0.3, -0.25) is 14.9 Å². The van der Waals surface area contributed by atoms with Crippen molar-refractivity contribution in [3.05, 3.63) is 90.5 Å². The molecule has 0 bridgehead atoms. The lowest BCUT2D eigenvalue weighted by Crippen LogP contribution is -2.38. The number of halogens is 3. The number of rotatable bonds is 7. The molecular formula is C30H27F3N6O2. The Bertz CT molecular complexity index is 1670. The van der Waals surface area contributed by atoms with Gasteiger partial charge in [0.1, 0.15) is 5.75 Å². The highest BCUT2D eigenvalue weighted by Gasteiger charge is 2.31. The fourth-order valence-corrected chi connectivity index (χ4v) is 4.88. The molecule has 0 amide bonds. The fraction of sp³-hybridized carbons (Fsp3) is 0.233. The molecule has 0 saturated carbocycles. The van der Waals surface area contributed by atoms with Crippen LogP contribution in [0.25, 0.3) is 28.1 Å². The predicted molar refractivity (Wildman–Crippen MR) is 150 cm³/mol. The molecule has 6 rings (SSSR count). The van der Waals surface area contributed by atoms with Gasteiger partial charge in [-0.25, -0.2) is 4.98 Å². The van der Waals surface area contributed by atoms with Crippen LogP contribution in [0.3, 0.4) is 0 Å². The Hall–Kier alpha value is -4.48. The van der Waals surface area contributed by atoms with Crippen LogP contribution in [0.1, 0.15) is 0 Å². The number of morpholine rings is 1. The van der Waals surface area contributed by atoms with Gasteiger partial charge in [0.15, 0.2) is 0 Å². The number of alkyl halides is 3. The van der Waals surface area contributed by atoms with E-state index in [4.69, 9.17) is 14.7 Å². The molecule has 0 radical (unpaired) electrons. The van der Waals surface area contributed by atoms with Crippen LogP contribution >= 0.6 is 0 Å². The summed E-state index contributed by atoms with van der Waals surface area (Å²) in [5.74, 6) is -0.286. The summed E-state index contributed by atoms with van der Waals surface area (Å²) in [6.07, 6.45) is -1.32. The molecule has 1 aromatic heterocycles. The zero-order valence-electron chi connectivity index (χ0n) is 22.0. The number of fused-ring (bicyclic) bond motifs is 2. The smallest absolute Gasteiger partial charge is 0.406 e. The van der Waals surface area contributed by atoms with E-state index in [-0.39, 0.29) is 5.75 Å². The molecule has 1 saturated heterocycles. The first-order chi connectivity index (χ1) is 19.9. The van der Waals surface area contributed by atoms with Crippen molar-refractivity contribution in [2.24, 2.45) is 4.99 Å². The summed E-state index contributed by atoms with van der Waals surface area (Å²) in [5.41, 5.74) is 5.24. The topological polar surface area (TPSA) is 76.8 Å². The third-order valence-corrected chi connectivity index (χ3v) is 6.77. The Labute approximate surface area is 234 Å². The lowest BCUT2D eigenvalue weighted by atomic mass is 10.1. The van der Waals surface area contributed by atoms with Gasteiger partial charge < -0.3 is 19.4 Å². The highest BCUT2D eigenvalue weighted by Crippen LogP contribution is 2.31. The van der Waals surface area contributed by atoms with Crippen LogP contribution in [0, 0.1) is 0 Å². The van der Waals surface area contributed by atoms with Crippen molar-refractivity contribution < 1.29 is 22.6 Å². The number of para-hydroxylation sites is 2. The van der Waals surface area contributed by atoms with Crippen LogP contribution in [0.2, 0.25) is 0 Å². The second-order valence-corrected chi connectivity index (χ2v) is 9.54. The first-order valence-electron chi connectivity index (χ1n) is 13.2. The van der Waals surface area contributed by atoms with Gasteiger partial charge in [-0.1, -0.05) is 12.1 Å². The molecule has 3 heterocycles. The molecule has 8 nitrogen and oxygen atoms in total. The molecule has 3 aromatic rings. The maximum absolute atomic E-state index is 12.8. The molecule has 0 unspecified atom stereocenters. The zero-order valence-corrected chi connectivity index (χ0v) is 22.0. The lowest BCUT2D eigenvalue weighted by Gasteiger charge is -2.25. The van der Waals surface area contributed by atoms with E-state index in [2.05, 4.69) is 19.9 Å². The van der Waals surface area contributed by atoms with Gasteiger partial charge in [-0.15, -0.1) is 13.2 Å². The number of hydrogen-bond acceptors (Lipinski definition) is 7. The maximum atomic E-state index is 12.8. The van der Waals surface area contributed by atoms with E-state index in [1.807, 2.05) is 53.1 Å². The number of anilines is 2. The molecule has 1 aliphatic carbocycles. The number of nitrogens with zero attached hydrogens (tertiary/aromatic N) is 5. The van der Waals surface area contributed by atoms with E-state index in [9.17, 15) is 13.2 Å². The number of pyridine rings is 1. The summed E-state index contributed by atoms with van der Waals surface area (Å²) in [5, 5.41) is 4.16. The first-order valence-corrected chi connectivity index (χ1v) is 13.2. The predicted octanol–water partition coefficient (Wildman–Crippen LogP) is 5.40. The normalized spacial score (nSPS) is 15.0. The molecule has 41 heavy (non-hydrogen) atoms. The summed E-state index contributed by atoms with van der Waals surface area (Å²) in [6.45, 7) is 4.56. The molecular weight excluding hydrogens is 533 g/mol. The lowest BCUT2D eigenvalue weighted by molar-refractivity contribution is -0.274. The Morgan fingerprint density at radius 1 is 0.976 bits per heavy atom. The van der Waals surface area contributed by atoms with Crippen LogP contribution in [0.5, 0.6) is 5.75 Å². The van der Waals surface area contributed by atoms with Gasteiger partial charge in [0.2, 0.25) is 0 Å². The van der Waals surface area contributed by atoms with Crippen LogP contribution in [0.4, 0.5) is 24.5 Å². The number of ether oxygens (including phenoxy) is 2. The summed E-state index contributed by atoms with van der Waals surface area (Å²) in [4.78, 5) is 16.4. The minimum absolute atomic E-state index is 0.286. The molecule has 0 atom stereocenters. The molecule has 11 heteroatoms. The molecule has 2 aliphatic heterocycles. The maximum Gasteiger partial charge on any atom is 0.573 e. The van der Waals surface area contributed by atoms with Crippen molar-refractivity contribution in [3.63, 3.8) is 0 Å². The van der Waals surface area contributed by atoms with Crippen molar-refractivity contribution in [1.82, 2.24) is 19.4 Å². The highest BCUT2D eigenvalue weighted by molar-refractivity contribution is 5.84. The SMILES string of the molecule is FC(F)(F)Oc1ccc(-n2c3cc(=NCCN4CCOCC4)c(Nc4cccnc4)cc-3nc3ccccc32)cc1. The standard InChI is InChI=1S/C30H27F3N6O2/c31-30(32,33)41-23-9-7-22(8-10-23)39-28-6-2-1-5-24(28)37-27-18-26(36-21-4-3-11-34-20-21)25(19-29(27)39)35-12-13-38-14-16-40-17-15-38/h1-11,18-20,36H,12-17H2. The van der Waals surface area contributed by atoms with E-state index in [1.54, 1.807) is 24.5 Å². The number of benzene rings is 3. The van der Waals surface area contributed by atoms with Crippen molar-refractivity contribution in [2.75, 3.05) is 44.7 Å². The highest BCUT2D eigenvalue weighted by atomic mass is 19.4. The van der Waals surface area contributed by atoms with Crippen molar-refractivity contribution >= 4 is 22.4 Å². The van der Waals surface area contributed by atoms with Crippen molar-refractivity contribution in [2.45, 2.75) is 6.36 Å².